The van der Waals surface area contributed by atoms with Gasteiger partial charge in [0.25, 0.3) is 17.7 Å². The van der Waals surface area contributed by atoms with Crippen molar-refractivity contribution in [2.45, 2.75) is 12.3 Å². The summed E-state index contributed by atoms with van der Waals surface area (Å²) in [5.41, 5.74) is -1.64. The molecule has 0 saturated heterocycles. The van der Waals surface area contributed by atoms with E-state index in [4.69, 9.17) is 18.3 Å². The minimum atomic E-state index is -1.34. The van der Waals surface area contributed by atoms with E-state index < -0.39 is 46.4 Å². The maximum Gasteiger partial charge on any atom is 0.344 e. The molecule has 1 aliphatic rings. The van der Waals surface area contributed by atoms with E-state index >= 15 is 0 Å². The molecule has 1 aliphatic heterocycles. The fourth-order valence-electron chi connectivity index (χ4n) is 5.99. The normalized spacial score (nSPS) is 12.6. The molecule has 0 radical (unpaired) electrons. The van der Waals surface area contributed by atoms with Crippen molar-refractivity contribution in [3.05, 3.63) is 128 Å². The molecule has 6 rings (SSSR count). The quantitative estimate of drug-likeness (QED) is 0.0654. The van der Waals surface area contributed by atoms with E-state index in [-0.39, 0.29) is 103 Å². The Morgan fingerprint density at radius 1 is 0.667 bits per heavy atom. The molecule has 15 nitrogen and oxygen atoms in total. The summed E-state index contributed by atoms with van der Waals surface area (Å²) < 4.78 is 21.9. The van der Waals surface area contributed by atoms with Crippen LogP contribution in [-0.2, 0) is 23.9 Å². The van der Waals surface area contributed by atoms with Gasteiger partial charge in [-0.15, -0.1) is 0 Å². The van der Waals surface area contributed by atoms with Gasteiger partial charge in [-0.05, 0) is 42.0 Å². The lowest BCUT2D eigenvalue weighted by Crippen LogP contribution is -2.35. The van der Waals surface area contributed by atoms with E-state index in [1.54, 1.807) is 36.4 Å². The first-order chi connectivity index (χ1) is 26.1. The molecule has 2 aromatic heterocycles. The minimum absolute atomic E-state index is 0.00279. The van der Waals surface area contributed by atoms with Gasteiger partial charge in [-0.25, -0.2) is 9.59 Å². The van der Waals surface area contributed by atoms with E-state index in [0.29, 0.717) is 0 Å². The fraction of sp³-hybridized carbons (Fsp3) is 0.231. The van der Waals surface area contributed by atoms with Gasteiger partial charge in [-0.1, -0.05) is 36.4 Å². The van der Waals surface area contributed by atoms with Gasteiger partial charge in [0, 0.05) is 43.8 Å². The van der Waals surface area contributed by atoms with Gasteiger partial charge in [0.2, 0.25) is 5.91 Å². The van der Waals surface area contributed by atoms with Gasteiger partial charge >= 0.3 is 11.3 Å². The summed E-state index contributed by atoms with van der Waals surface area (Å²) in [6, 6.07) is 18.7. The number of rotatable bonds is 16. The zero-order valence-corrected chi connectivity index (χ0v) is 28.7. The number of imide groups is 1. The van der Waals surface area contributed by atoms with Gasteiger partial charge in [0.05, 0.1) is 54.2 Å². The monoisotopic (exact) mass is 737 g/mol. The molecule has 0 atom stereocenters. The highest BCUT2D eigenvalue weighted by molar-refractivity contribution is 6.13. The van der Waals surface area contributed by atoms with E-state index in [1.807, 2.05) is 0 Å². The molecule has 0 fully saturated rings. The molecule has 5 aromatic rings. The summed E-state index contributed by atoms with van der Waals surface area (Å²) in [5.74, 6) is -3.83. The van der Waals surface area contributed by atoms with Gasteiger partial charge in [0.15, 0.2) is 0 Å². The van der Waals surface area contributed by atoms with Crippen molar-refractivity contribution in [1.29, 1.82) is 0 Å². The second-order valence-corrected chi connectivity index (χ2v) is 12.1. The zero-order valence-electron chi connectivity index (χ0n) is 28.7. The Kier molecular flexibility index (Phi) is 11.6. The van der Waals surface area contributed by atoms with Crippen LogP contribution in [-0.4, -0.2) is 84.8 Å². The summed E-state index contributed by atoms with van der Waals surface area (Å²) in [5, 5.41) is 28.5. The van der Waals surface area contributed by atoms with Crippen molar-refractivity contribution in [1.82, 2.24) is 15.5 Å². The van der Waals surface area contributed by atoms with Crippen molar-refractivity contribution < 1.29 is 47.7 Å². The second-order valence-electron chi connectivity index (χ2n) is 12.1. The first kappa shape index (κ1) is 37.2. The Balaban J connectivity index is 1.03. The number of ether oxygens (including phenoxy) is 2. The number of hydrogen-bond acceptors (Lipinski definition) is 12. The van der Waals surface area contributed by atoms with Crippen molar-refractivity contribution >= 4 is 45.6 Å². The molecule has 15 heteroatoms. The molecule has 4 N–H and O–H groups in total. The average molecular weight is 738 g/mol. The van der Waals surface area contributed by atoms with E-state index in [1.165, 1.54) is 36.4 Å². The van der Waals surface area contributed by atoms with Crippen molar-refractivity contribution in [3.8, 4) is 11.5 Å². The number of benzene rings is 3. The maximum atomic E-state index is 13.4. The number of hydrogen-bond donors (Lipinski definition) is 4. The lowest BCUT2D eigenvalue weighted by molar-refractivity contribution is -0.137. The van der Waals surface area contributed by atoms with Crippen LogP contribution in [0.25, 0.3) is 21.9 Å². The van der Waals surface area contributed by atoms with Crippen LogP contribution < -0.4 is 21.9 Å². The van der Waals surface area contributed by atoms with E-state index in [9.17, 15) is 39.0 Å². The largest absolute Gasteiger partial charge is 0.507 e. The number of fused-ring (bicyclic) bond motifs is 2. The van der Waals surface area contributed by atoms with Gasteiger partial charge in [0.1, 0.15) is 22.7 Å². The molecule has 0 saturated carbocycles. The van der Waals surface area contributed by atoms with Crippen LogP contribution in [0.1, 0.15) is 39.4 Å². The van der Waals surface area contributed by atoms with Crippen molar-refractivity contribution in [2.24, 2.45) is 0 Å². The number of para-hydroxylation sites is 2. The fourth-order valence-corrected chi connectivity index (χ4v) is 5.99. The van der Waals surface area contributed by atoms with Crippen molar-refractivity contribution in [2.75, 3.05) is 46.1 Å². The summed E-state index contributed by atoms with van der Waals surface area (Å²) in [6.07, 6.45) is 2.31. The lowest BCUT2D eigenvalue weighted by atomic mass is 9.84. The van der Waals surface area contributed by atoms with Crippen LogP contribution in [0.5, 0.6) is 11.5 Å². The number of aromatic hydroxyl groups is 2. The van der Waals surface area contributed by atoms with Crippen LogP contribution in [0.15, 0.2) is 103 Å². The topological polar surface area (TPSA) is 215 Å². The van der Waals surface area contributed by atoms with Gasteiger partial charge in [-0.3, -0.25) is 24.1 Å². The molecule has 0 bridgehead atoms. The average Bonchev–Trinajstić information content (AvgIpc) is 3.49. The maximum absolute atomic E-state index is 13.4. The Morgan fingerprint density at radius 2 is 1.17 bits per heavy atom. The SMILES string of the molecule is O=C(CCN1C(=O)C=CC1=O)NCCOCCOCCNC(=O)c1ccc(C(c2c(O)c3ccccc3oc2=O)c2c(O)c3ccccc3oc2=O)cc1. The molecule has 54 heavy (non-hydrogen) atoms. The summed E-state index contributed by atoms with van der Waals surface area (Å²) >= 11 is 0. The standard InChI is InChI=1S/C39H35N3O12/c43-29(15-18-42-30(44)13-14-31(42)45)40-16-19-51-21-22-52-20-17-41-37(48)24-11-9-23(10-12-24)32(33-35(46)25-5-1-3-7-27(25)53-38(33)49)34-36(47)26-6-2-4-8-28(26)54-39(34)50/h1-14,32,46-47H,15-22H2,(H,40,43)(H,41,48). The zero-order chi connectivity index (χ0) is 38.2. The number of nitrogens with zero attached hydrogens (tertiary/aromatic N) is 1. The predicted molar refractivity (Wildman–Crippen MR) is 193 cm³/mol. The molecular weight excluding hydrogens is 702 g/mol. The Labute approximate surface area is 306 Å². The molecular formula is C39H35N3O12. The molecule has 3 heterocycles. The van der Waals surface area contributed by atoms with Crippen molar-refractivity contribution in [3.63, 3.8) is 0 Å². The number of nitrogens with one attached hydrogen (secondary N) is 2. The Hall–Kier alpha value is -6.58. The van der Waals surface area contributed by atoms with Crippen LogP contribution in [0.2, 0.25) is 0 Å². The highest BCUT2D eigenvalue weighted by Crippen LogP contribution is 2.41. The van der Waals surface area contributed by atoms with Gasteiger partial charge < -0.3 is 39.2 Å². The number of amides is 4. The third-order valence-corrected chi connectivity index (χ3v) is 8.66. The summed E-state index contributed by atoms with van der Waals surface area (Å²) in [6.45, 7) is 1.30. The molecule has 0 spiro atoms. The molecule has 4 amide bonds. The second kappa shape index (κ2) is 16.8. The van der Waals surface area contributed by atoms with Gasteiger partial charge in [-0.2, -0.15) is 0 Å². The van der Waals surface area contributed by atoms with E-state index in [2.05, 4.69) is 10.6 Å². The van der Waals surface area contributed by atoms with Crippen LogP contribution in [0.3, 0.4) is 0 Å². The Bertz CT molecular complexity index is 2250. The number of carbonyl (C=O) groups is 4. The highest BCUT2D eigenvalue weighted by Gasteiger charge is 2.32. The predicted octanol–water partition coefficient (Wildman–Crippen LogP) is 2.69. The number of carbonyl (C=O) groups excluding carboxylic acids is 4. The van der Waals surface area contributed by atoms with Crippen LogP contribution in [0, 0.1) is 0 Å². The molecule has 278 valence electrons. The summed E-state index contributed by atoms with van der Waals surface area (Å²) in [4.78, 5) is 75.7. The first-order valence-electron chi connectivity index (χ1n) is 17.0. The Morgan fingerprint density at radius 3 is 1.70 bits per heavy atom. The van der Waals surface area contributed by atoms with Crippen LogP contribution >= 0.6 is 0 Å². The lowest BCUT2D eigenvalue weighted by Gasteiger charge is -2.20. The third-order valence-electron chi connectivity index (χ3n) is 8.66. The smallest absolute Gasteiger partial charge is 0.344 e. The third kappa shape index (κ3) is 8.22. The highest BCUT2D eigenvalue weighted by atomic mass is 16.5. The molecule has 0 unspecified atom stereocenters. The van der Waals surface area contributed by atoms with Crippen LogP contribution in [0.4, 0.5) is 0 Å². The molecule has 3 aromatic carbocycles. The summed E-state index contributed by atoms with van der Waals surface area (Å²) in [7, 11) is 0. The molecule has 0 aliphatic carbocycles. The minimum Gasteiger partial charge on any atom is -0.507 e. The first-order valence-corrected chi connectivity index (χ1v) is 17.0. The van der Waals surface area contributed by atoms with E-state index in [0.717, 1.165) is 17.1 Å².